The molecule has 0 aliphatic rings. The van der Waals surface area contributed by atoms with Crippen LogP contribution in [0, 0.1) is 0 Å². The summed E-state index contributed by atoms with van der Waals surface area (Å²) < 4.78 is 1.42. The zero-order valence-electron chi connectivity index (χ0n) is 14.1. The largest absolute Gasteiger partial charge is 0.412 e. The van der Waals surface area contributed by atoms with Crippen LogP contribution in [0.15, 0.2) is 0 Å². The van der Waals surface area contributed by atoms with Gasteiger partial charge in [-0.1, -0.05) is 53.4 Å². The molecule has 0 aliphatic carbocycles. The van der Waals surface area contributed by atoms with Gasteiger partial charge in [-0.2, -0.15) is 0 Å². The normalized spacial score (nSPS) is 10.7. The number of unbranched alkanes of at least 4 members (excludes halogenated alkanes) is 4. The van der Waals surface area contributed by atoms with Crippen LogP contribution in [0.2, 0.25) is 0 Å². The maximum Gasteiger partial charge on any atom is 0.0786 e. The van der Waals surface area contributed by atoms with Gasteiger partial charge in [0.15, 0.2) is 0 Å². The third-order valence-corrected chi connectivity index (χ3v) is 3.94. The average Bonchev–Trinajstić information content (AvgIpc) is 2.37. The molecule has 0 unspecified atom stereocenters. The summed E-state index contributed by atoms with van der Waals surface area (Å²) in [5.74, 6) is 0. The topological polar surface area (TPSA) is 66.5 Å². The van der Waals surface area contributed by atoms with E-state index >= 15 is 0 Å². The van der Waals surface area contributed by atoms with E-state index in [0.717, 1.165) is 0 Å². The van der Waals surface area contributed by atoms with Gasteiger partial charge in [-0.3, -0.25) is 0 Å². The lowest BCUT2D eigenvalue weighted by Gasteiger charge is -2.39. The summed E-state index contributed by atoms with van der Waals surface area (Å²) in [6.45, 7) is 15.0. The zero-order valence-corrected chi connectivity index (χ0v) is 14.1. The van der Waals surface area contributed by atoms with E-state index in [-0.39, 0.29) is 11.6 Å². The van der Waals surface area contributed by atoms with Crippen LogP contribution in [-0.2, 0) is 0 Å². The van der Waals surface area contributed by atoms with E-state index in [1.165, 1.54) is 82.0 Å². The fourth-order valence-electron chi connectivity index (χ4n) is 2.64. The molecule has 120 valence electrons. The van der Waals surface area contributed by atoms with E-state index in [9.17, 15) is 0 Å². The Hall–Kier alpha value is -0.120. The summed E-state index contributed by atoms with van der Waals surface area (Å²) >= 11 is 0. The first-order valence-corrected chi connectivity index (χ1v) is 8.09. The second kappa shape index (κ2) is 15.9. The molecule has 0 aromatic heterocycles. The monoisotopic (exact) mass is 277 g/mol. The summed E-state index contributed by atoms with van der Waals surface area (Å²) in [5.41, 5.74) is 0. The first-order chi connectivity index (χ1) is 8.24. The van der Waals surface area contributed by atoms with E-state index in [1.807, 2.05) is 0 Å². The van der Waals surface area contributed by atoms with Gasteiger partial charge in [-0.25, -0.2) is 0 Å². The van der Waals surface area contributed by atoms with Crippen molar-refractivity contribution < 1.29 is 9.96 Å². The summed E-state index contributed by atoms with van der Waals surface area (Å²) in [5, 5.41) is 0. The van der Waals surface area contributed by atoms with Crippen molar-refractivity contribution in [2.45, 2.75) is 79.1 Å². The lowest BCUT2D eigenvalue weighted by Crippen LogP contribution is -2.50. The van der Waals surface area contributed by atoms with E-state index in [4.69, 9.17) is 0 Å². The van der Waals surface area contributed by atoms with Crippen LogP contribution in [0.5, 0.6) is 0 Å². The molecule has 0 saturated heterocycles. The van der Waals surface area contributed by atoms with Crippen molar-refractivity contribution in [1.82, 2.24) is 6.15 Å². The Kier molecular flexibility index (Phi) is 20.1. The van der Waals surface area contributed by atoms with Crippen LogP contribution >= 0.6 is 0 Å². The molecular weight excluding hydrogens is 236 g/mol. The molecule has 3 nitrogen and oxygen atoms in total. The zero-order chi connectivity index (χ0) is 13.0. The molecule has 0 atom stereocenters. The molecule has 0 rings (SSSR count). The van der Waals surface area contributed by atoms with Crippen molar-refractivity contribution in [3.8, 4) is 0 Å². The molecular formula is C16H41N2O+. The van der Waals surface area contributed by atoms with Gasteiger partial charge in [-0.05, 0) is 25.7 Å². The van der Waals surface area contributed by atoms with Gasteiger partial charge in [0.25, 0.3) is 0 Å². The molecule has 0 aromatic carbocycles. The lowest BCUT2D eigenvalue weighted by molar-refractivity contribution is -0.929. The summed E-state index contributed by atoms with van der Waals surface area (Å²) in [6.07, 6.45) is 11.1. The molecule has 0 amide bonds. The summed E-state index contributed by atoms with van der Waals surface area (Å²) in [7, 11) is 0. The first kappa shape index (κ1) is 23.9. The lowest BCUT2D eigenvalue weighted by atomic mass is 10.1. The van der Waals surface area contributed by atoms with Gasteiger partial charge in [0.1, 0.15) is 0 Å². The number of quaternary nitrogens is 1. The molecule has 0 saturated carbocycles. The molecule has 0 bridgehead atoms. The third kappa shape index (κ3) is 11.4. The molecule has 5 N–H and O–H groups in total. The third-order valence-electron chi connectivity index (χ3n) is 3.94. The predicted octanol–water partition coefficient (Wildman–Crippen LogP) is 4.34. The smallest absolute Gasteiger partial charge is 0.0786 e. The molecule has 0 fully saturated rings. The Labute approximate surface area is 122 Å². The fourth-order valence-corrected chi connectivity index (χ4v) is 2.64. The van der Waals surface area contributed by atoms with Crippen LogP contribution in [0.3, 0.4) is 0 Å². The second-order valence-electron chi connectivity index (χ2n) is 5.65. The van der Waals surface area contributed by atoms with Gasteiger partial charge < -0.3 is 16.1 Å². The molecule has 19 heavy (non-hydrogen) atoms. The standard InChI is InChI=1S/C16H36N.H3N.H2O/c1-5-9-13-17(14-10-6-2,15-11-7-3)16-12-8-4;;/h5-16H2,1-4H3;1H3;1H2/q+1;;. The Bertz CT molecular complexity index is 125. The molecule has 0 aromatic rings. The SMILES string of the molecule is CCCC[N+](CCCC)(CCCC)CCCC.N.O. The van der Waals surface area contributed by atoms with E-state index in [0.29, 0.717) is 0 Å². The van der Waals surface area contributed by atoms with E-state index in [2.05, 4.69) is 27.7 Å². The highest BCUT2D eigenvalue weighted by Crippen LogP contribution is 2.16. The van der Waals surface area contributed by atoms with Crippen molar-refractivity contribution in [1.29, 1.82) is 0 Å². The van der Waals surface area contributed by atoms with Crippen LogP contribution in [0.1, 0.15) is 79.1 Å². The molecule has 0 aliphatic heterocycles. The maximum absolute atomic E-state index is 2.33. The first-order valence-electron chi connectivity index (χ1n) is 8.09. The number of hydrogen-bond acceptors (Lipinski definition) is 1. The van der Waals surface area contributed by atoms with Gasteiger partial charge in [0.05, 0.1) is 26.2 Å². The molecule has 0 heterocycles. The van der Waals surface area contributed by atoms with Crippen molar-refractivity contribution in [2.24, 2.45) is 0 Å². The van der Waals surface area contributed by atoms with Crippen LogP contribution < -0.4 is 6.15 Å². The van der Waals surface area contributed by atoms with Gasteiger partial charge in [0, 0.05) is 0 Å². The van der Waals surface area contributed by atoms with Crippen LogP contribution in [-0.4, -0.2) is 36.1 Å². The predicted molar refractivity (Wildman–Crippen MR) is 88.0 cm³/mol. The quantitative estimate of drug-likeness (QED) is 0.530. The van der Waals surface area contributed by atoms with E-state index < -0.39 is 0 Å². The summed E-state index contributed by atoms with van der Waals surface area (Å²) in [6, 6.07) is 0. The Morgan fingerprint density at radius 2 is 0.737 bits per heavy atom. The van der Waals surface area contributed by atoms with Gasteiger partial charge >= 0.3 is 0 Å². The minimum Gasteiger partial charge on any atom is -0.412 e. The van der Waals surface area contributed by atoms with Crippen LogP contribution in [0.25, 0.3) is 0 Å². The minimum absolute atomic E-state index is 0. The highest BCUT2D eigenvalue weighted by atomic mass is 16.0. The van der Waals surface area contributed by atoms with Gasteiger partial charge in [0.2, 0.25) is 0 Å². The Balaban J connectivity index is -0.00000128. The fraction of sp³-hybridized carbons (Fsp3) is 1.00. The van der Waals surface area contributed by atoms with Crippen molar-refractivity contribution in [2.75, 3.05) is 26.2 Å². The number of rotatable bonds is 12. The Morgan fingerprint density at radius 3 is 0.895 bits per heavy atom. The van der Waals surface area contributed by atoms with Gasteiger partial charge in [-0.15, -0.1) is 0 Å². The van der Waals surface area contributed by atoms with Crippen molar-refractivity contribution in [3.63, 3.8) is 0 Å². The second-order valence-corrected chi connectivity index (χ2v) is 5.65. The minimum atomic E-state index is 0. The molecule has 0 spiro atoms. The van der Waals surface area contributed by atoms with E-state index in [1.54, 1.807) is 0 Å². The average molecular weight is 278 g/mol. The number of hydrogen-bond donors (Lipinski definition) is 1. The van der Waals surface area contributed by atoms with Crippen molar-refractivity contribution >= 4 is 0 Å². The maximum atomic E-state index is 2.33. The van der Waals surface area contributed by atoms with Crippen LogP contribution in [0.4, 0.5) is 0 Å². The Morgan fingerprint density at radius 1 is 0.526 bits per heavy atom. The summed E-state index contributed by atoms with van der Waals surface area (Å²) in [4.78, 5) is 0. The highest BCUT2D eigenvalue weighted by Gasteiger charge is 2.24. The molecule has 3 heteroatoms. The highest BCUT2D eigenvalue weighted by molar-refractivity contribution is 4.49. The molecule has 0 radical (unpaired) electrons. The van der Waals surface area contributed by atoms with Crippen molar-refractivity contribution in [3.05, 3.63) is 0 Å². The number of nitrogens with zero attached hydrogens (tertiary/aromatic N) is 1.